The lowest BCUT2D eigenvalue weighted by Crippen LogP contribution is -2.43. The second-order valence-corrected chi connectivity index (χ2v) is 12.9. The fourth-order valence-electron chi connectivity index (χ4n) is 6.03. The van der Waals surface area contributed by atoms with Crippen LogP contribution in [0.25, 0.3) is 0 Å². The van der Waals surface area contributed by atoms with Crippen molar-refractivity contribution < 1.29 is 19.2 Å². The highest BCUT2D eigenvalue weighted by atomic mass is 16.2. The van der Waals surface area contributed by atoms with E-state index in [2.05, 4.69) is 43.7 Å². The van der Waals surface area contributed by atoms with E-state index in [0.29, 0.717) is 22.9 Å². The first-order chi connectivity index (χ1) is 25.1. The molecular weight excluding hydrogens is 664 g/mol. The molecule has 2 aromatic heterocycles. The van der Waals surface area contributed by atoms with E-state index in [1.165, 1.54) is 7.05 Å². The molecule has 0 radical (unpaired) electrons. The van der Waals surface area contributed by atoms with E-state index in [0.717, 1.165) is 30.7 Å². The van der Waals surface area contributed by atoms with E-state index in [1.54, 1.807) is 77.3 Å². The van der Waals surface area contributed by atoms with Crippen molar-refractivity contribution in [1.82, 2.24) is 35.3 Å². The number of aromatic nitrogens is 4. The maximum absolute atomic E-state index is 13.7. The predicted octanol–water partition coefficient (Wildman–Crippen LogP) is 4.17. The average molecular weight is 703 g/mol. The summed E-state index contributed by atoms with van der Waals surface area (Å²) in [5.74, 6) is -0.947. The van der Waals surface area contributed by atoms with Crippen molar-refractivity contribution in [3.8, 4) is 12.1 Å². The maximum Gasteiger partial charge on any atom is 0.275 e. The first-order valence-corrected chi connectivity index (χ1v) is 16.9. The van der Waals surface area contributed by atoms with Gasteiger partial charge in [-0.25, -0.2) is 0 Å². The molecule has 2 unspecified atom stereocenters. The molecule has 6 N–H and O–H groups in total. The normalized spacial score (nSPS) is 14.6. The van der Waals surface area contributed by atoms with Crippen molar-refractivity contribution in [1.29, 1.82) is 10.5 Å². The molecule has 16 nitrogen and oxygen atoms in total. The molecule has 266 valence electrons. The van der Waals surface area contributed by atoms with Crippen LogP contribution in [0.1, 0.15) is 92.0 Å². The Balaban J connectivity index is 1.16. The molecule has 2 saturated carbocycles. The van der Waals surface area contributed by atoms with E-state index in [1.807, 2.05) is 0 Å². The zero-order valence-corrected chi connectivity index (χ0v) is 28.7. The van der Waals surface area contributed by atoms with Gasteiger partial charge in [0, 0.05) is 49.0 Å². The monoisotopic (exact) mass is 702 g/mol. The second-order valence-electron chi connectivity index (χ2n) is 12.9. The molecule has 0 aliphatic heterocycles. The molecule has 16 heteroatoms. The summed E-state index contributed by atoms with van der Waals surface area (Å²) >= 11 is 0. The van der Waals surface area contributed by atoms with Crippen LogP contribution in [0.5, 0.6) is 0 Å². The van der Waals surface area contributed by atoms with Gasteiger partial charge in [-0.2, -0.15) is 20.7 Å². The second kappa shape index (κ2) is 15.1. The lowest BCUT2D eigenvalue weighted by atomic mass is 10.1. The molecule has 2 atom stereocenters. The Kier molecular flexibility index (Phi) is 10.2. The van der Waals surface area contributed by atoms with Crippen LogP contribution in [0, 0.1) is 34.5 Å². The third kappa shape index (κ3) is 7.87. The van der Waals surface area contributed by atoms with E-state index in [4.69, 9.17) is 5.73 Å². The van der Waals surface area contributed by atoms with Gasteiger partial charge in [-0.05, 0) is 86.1 Å². The fourth-order valence-corrected chi connectivity index (χ4v) is 6.03. The Morgan fingerprint density at radius 1 is 0.788 bits per heavy atom. The number of rotatable bonds is 14. The molecule has 2 fully saturated rings. The summed E-state index contributed by atoms with van der Waals surface area (Å²) in [4.78, 5) is 51.2. The van der Waals surface area contributed by atoms with Gasteiger partial charge in [0.05, 0.1) is 37.1 Å². The highest BCUT2D eigenvalue weighted by Crippen LogP contribution is 2.42. The summed E-state index contributed by atoms with van der Waals surface area (Å²) in [6.45, 7) is 0. The van der Waals surface area contributed by atoms with Crippen molar-refractivity contribution >= 4 is 46.6 Å². The van der Waals surface area contributed by atoms with Gasteiger partial charge in [-0.3, -0.25) is 39.0 Å². The quantitative estimate of drug-likeness (QED) is 0.118. The number of benzene rings is 2. The van der Waals surface area contributed by atoms with Crippen LogP contribution in [0.15, 0.2) is 60.9 Å². The minimum absolute atomic E-state index is 0.149. The molecule has 6 rings (SSSR count). The van der Waals surface area contributed by atoms with Gasteiger partial charge in [0.2, 0.25) is 0 Å². The molecule has 2 aliphatic carbocycles. The summed E-state index contributed by atoms with van der Waals surface area (Å²) < 4.78 is 3.26. The summed E-state index contributed by atoms with van der Waals surface area (Å²) in [6.07, 6.45) is 7.53. The lowest BCUT2D eigenvalue weighted by Gasteiger charge is -2.18. The number of hydrogen-bond donors (Lipinski definition) is 5. The Morgan fingerprint density at radius 3 is 1.69 bits per heavy atom. The van der Waals surface area contributed by atoms with Crippen LogP contribution in [0.2, 0.25) is 0 Å². The van der Waals surface area contributed by atoms with Gasteiger partial charge in [0.15, 0.2) is 11.6 Å². The SMILES string of the molecule is CNC(=O)c1ccc(Nc2nn(C(CC#N)C3CC3)cc2C(=O)NN(C)C(=O)c2ccc(Nc3nn(C(CC#N)C4CC4)cc3C(N)=O)cc2)cc1. The third-order valence-corrected chi connectivity index (χ3v) is 9.19. The van der Waals surface area contributed by atoms with Gasteiger partial charge >= 0.3 is 0 Å². The number of anilines is 4. The summed E-state index contributed by atoms with van der Waals surface area (Å²) in [5.41, 5.74) is 10.4. The topological polar surface area (TPSA) is 229 Å². The average Bonchev–Trinajstić information content (AvgIpc) is 4.08. The van der Waals surface area contributed by atoms with Gasteiger partial charge in [0.1, 0.15) is 11.1 Å². The van der Waals surface area contributed by atoms with Gasteiger partial charge in [-0.15, -0.1) is 0 Å². The van der Waals surface area contributed by atoms with Gasteiger partial charge < -0.3 is 21.7 Å². The summed E-state index contributed by atoms with van der Waals surface area (Å²) in [7, 11) is 2.97. The fraction of sp³-hybridized carbons (Fsp3) is 0.333. The first-order valence-electron chi connectivity index (χ1n) is 16.9. The molecule has 2 aliphatic rings. The van der Waals surface area contributed by atoms with Crippen molar-refractivity contribution in [3.63, 3.8) is 0 Å². The molecule has 0 saturated heterocycles. The standard InChI is InChI=1S/C36H38N12O4/c1-40-34(50)23-7-11-25(12-8-23)42-33-28(20-48(44-33)30(16-18-38)22-5-6-22)35(51)45-46(2)36(52)24-9-13-26(14-10-24)41-32-27(31(39)49)19-47(43-32)29(15-17-37)21-3-4-21/h7-14,19-22,29-30H,3-6,15-16H2,1-2H3,(H2,39,49)(H,40,50)(H,41,43)(H,42,44)(H,45,51). The highest BCUT2D eigenvalue weighted by Gasteiger charge is 2.35. The zero-order chi connectivity index (χ0) is 36.9. The summed E-state index contributed by atoms with van der Waals surface area (Å²) in [6, 6.07) is 17.1. The van der Waals surface area contributed by atoms with Crippen LogP contribution >= 0.6 is 0 Å². The number of nitrogens with zero attached hydrogens (tertiary/aromatic N) is 7. The molecule has 4 amide bonds. The van der Waals surface area contributed by atoms with Crippen LogP contribution in [-0.2, 0) is 0 Å². The Morgan fingerprint density at radius 2 is 1.25 bits per heavy atom. The van der Waals surface area contributed by atoms with Gasteiger partial charge in [-0.1, -0.05) is 0 Å². The molecule has 4 aromatic rings. The van der Waals surface area contributed by atoms with Crippen molar-refractivity contribution in [3.05, 3.63) is 83.2 Å². The molecular formula is C36H38N12O4. The number of primary amides is 1. The zero-order valence-electron chi connectivity index (χ0n) is 28.7. The Hall–Kier alpha value is -6.68. The van der Waals surface area contributed by atoms with Crippen LogP contribution < -0.4 is 27.1 Å². The van der Waals surface area contributed by atoms with E-state index < -0.39 is 17.7 Å². The Bertz CT molecular complexity index is 2060. The molecule has 2 heterocycles. The van der Waals surface area contributed by atoms with Crippen LogP contribution in [0.3, 0.4) is 0 Å². The number of nitriles is 2. The van der Waals surface area contributed by atoms with Gasteiger partial charge in [0.25, 0.3) is 23.6 Å². The number of hydrogen-bond acceptors (Lipinski definition) is 10. The van der Waals surface area contributed by atoms with E-state index >= 15 is 0 Å². The molecule has 52 heavy (non-hydrogen) atoms. The largest absolute Gasteiger partial charge is 0.365 e. The highest BCUT2D eigenvalue weighted by molar-refractivity contribution is 6.02. The number of carbonyl (C=O) groups is 4. The first kappa shape index (κ1) is 35.2. The number of carbonyl (C=O) groups excluding carboxylic acids is 4. The molecule has 2 aromatic carbocycles. The van der Waals surface area contributed by atoms with Crippen molar-refractivity contribution in [2.75, 3.05) is 24.7 Å². The Labute approximate surface area is 299 Å². The third-order valence-electron chi connectivity index (χ3n) is 9.19. The molecule has 0 spiro atoms. The number of nitrogens with one attached hydrogen (secondary N) is 4. The number of hydrazine groups is 1. The number of amides is 4. The maximum atomic E-state index is 13.7. The van der Waals surface area contributed by atoms with Crippen molar-refractivity contribution in [2.24, 2.45) is 17.6 Å². The predicted molar refractivity (Wildman–Crippen MR) is 189 cm³/mol. The minimum Gasteiger partial charge on any atom is -0.365 e. The molecule has 0 bridgehead atoms. The summed E-state index contributed by atoms with van der Waals surface area (Å²) in [5, 5.41) is 37.8. The van der Waals surface area contributed by atoms with Crippen LogP contribution in [-0.4, -0.2) is 62.3 Å². The van der Waals surface area contributed by atoms with Crippen molar-refractivity contribution in [2.45, 2.75) is 50.6 Å². The number of nitrogens with two attached hydrogens (primary N) is 1. The lowest BCUT2D eigenvalue weighted by molar-refractivity contribution is 0.0636. The smallest absolute Gasteiger partial charge is 0.275 e. The minimum atomic E-state index is -0.666. The van der Waals surface area contributed by atoms with Crippen LogP contribution in [0.4, 0.5) is 23.0 Å². The van der Waals surface area contributed by atoms with E-state index in [9.17, 15) is 29.7 Å². The van der Waals surface area contributed by atoms with E-state index in [-0.39, 0.29) is 65.1 Å².